The molecule has 2 rings (SSSR count). The Kier molecular flexibility index (Phi) is 4.16. The Balaban J connectivity index is 1.90. The number of hydrogen-bond acceptors (Lipinski definition) is 7. The molecule has 1 aliphatic rings. The van der Waals surface area contributed by atoms with Crippen LogP contribution >= 0.6 is 0 Å². The molecule has 0 aliphatic carbocycles. The molecule has 7 heteroatoms. The molecular formula is C11H21N7. The first-order valence-corrected chi connectivity index (χ1v) is 6.28. The molecule has 100 valence electrons. The maximum absolute atomic E-state index is 5.60. The molecule has 1 unspecified atom stereocenters. The van der Waals surface area contributed by atoms with Crippen molar-refractivity contribution >= 4 is 17.6 Å². The van der Waals surface area contributed by atoms with Crippen LogP contribution in [0.2, 0.25) is 0 Å². The van der Waals surface area contributed by atoms with Crippen molar-refractivity contribution in [1.82, 2.24) is 14.9 Å². The number of hydrazine groups is 1. The molecular weight excluding hydrogens is 230 g/mol. The highest BCUT2D eigenvalue weighted by Crippen LogP contribution is 2.14. The third-order valence-corrected chi connectivity index (χ3v) is 3.23. The molecule has 1 aromatic rings. The first-order valence-electron chi connectivity index (χ1n) is 6.28. The summed E-state index contributed by atoms with van der Waals surface area (Å²) < 4.78 is 0. The number of anilines is 3. The van der Waals surface area contributed by atoms with Gasteiger partial charge in [0.05, 0.1) is 0 Å². The second-order valence-corrected chi connectivity index (χ2v) is 4.61. The van der Waals surface area contributed by atoms with Gasteiger partial charge in [-0.05, 0) is 32.9 Å². The SMILES string of the molecule is CC(CNc1cc(NN)nc(N)n1)N1CCCC1. The van der Waals surface area contributed by atoms with Crippen molar-refractivity contribution in [2.45, 2.75) is 25.8 Å². The van der Waals surface area contributed by atoms with Crippen LogP contribution in [0.4, 0.5) is 17.6 Å². The van der Waals surface area contributed by atoms with E-state index in [1.807, 2.05) is 0 Å². The predicted octanol–water partition coefficient (Wildman–Crippen LogP) is 0.241. The Bertz CT molecular complexity index is 389. The molecule has 0 bridgehead atoms. The average Bonchev–Trinajstić information content (AvgIpc) is 2.89. The number of rotatable bonds is 5. The molecule has 2 heterocycles. The Morgan fingerprint density at radius 2 is 2.00 bits per heavy atom. The third kappa shape index (κ3) is 3.21. The monoisotopic (exact) mass is 251 g/mol. The maximum Gasteiger partial charge on any atom is 0.223 e. The number of nitrogens with two attached hydrogens (primary N) is 2. The van der Waals surface area contributed by atoms with E-state index in [2.05, 4.69) is 32.5 Å². The van der Waals surface area contributed by atoms with Crippen molar-refractivity contribution in [3.05, 3.63) is 6.07 Å². The summed E-state index contributed by atoms with van der Waals surface area (Å²) in [5.74, 6) is 6.73. The zero-order valence-electron chi connectivity index (χ0n) is 10.7. The summed E-state index contributed by atoms with van der Waals surface area (Å²) in [5.41, 5.74) is 8.06. The van der Waals surface area contributed by atoms with Crippen LogP contribution < -0.4 is 22.3 Å². The molecule has 0 spiro atoms. The van der Waals surface area contributed by atoms with Crippen molar-refractivity contribution in [3.8, 4) is 0 Å². The van der Waals surface area contributed by atoms with Crippen molar-refractivity contribution in [1.29, 1.82) is 0 Å². The number of nitrogens with zero attached hydrogens (tertiary/aromatic N) is 3. The fraction of sp³-hybridized carbons (Fsp3) is 0.636. The zero-order chi connectivity index (χ0) is 13.0. The minimum absolute atomic E-state index is 0.210. The smallest absolute Gasteiger partial charge is 0.223 e. The Hall–Kier alpha value is -1.60. The Labute approximate surface area is 107 Å². The summed E-state index contributed by atoms with van der Waals surface area (Å²) >= 11 is 0. The van der Waals surface area contributed by atoms with Gasteiger partial charge in [-0.15, -0.1) is 0 Å². The van der Waals surface area contributed by atoms with Gasteiger partial charge in [0.2, 0.25) is 5.95 Å². The summed E-state index contributed by atoms with van der Waals surface area (Å²) in [5, 5.41) is 3.27. The van der Waals surface area contributed by atoms with Crippen molar-refractivity contribution < 1.29 is 0 Å². The van der Waals surface area contributed by atoms with Gasteiger partial charge in [0, 0.05) is 18.7 Å². The van der Waals surface area contributed by atoms with Gasteiger partial charge in [0.1, 0.15) is 11.6 Å². The number of likely N-dealkylation sites (tertiary alicyclic amines) is 1. The molecule has 0 saturated carbocycles. The van der Waals surface area contributed by atoms with Gasteiger partial charge in [-0.25, -0.2) is 5.84 Å². The van der Waals surface area contributed by atoms with Gasteiger partial charge in [-0.3, -0.25) is 4.90 Å². The highest BCUT2D eigenvalue weighted by molar-refractivity contribution is 5.50. The lowest BCUT2D eigenvalue weighted by atomic mass is 10.3. The maximum atomic E-state index is 5.60. The highest BCUT2D eigenvalue weighted by Gasteiger charge is 2.17. The van der Waals surface area contributed by atoms with E-state index in [1.165, 1.54) is 25.9 Å². The summed E-state index contributed by atoms with van der Waals surface area (Å²) in [4.78, 5) is 10.5. The molecule has 1 saturated heterocycles. The van der Waals surface area contributed by atoms with Gasteiger partial charge in [0.25, 0.3) is 0 Å². The normalized spacial score (nSPS) is 17.7. The summed E-state index contributed by atoms with van der Waals surface area (Å²) in [6, 6.07) is 2.23. The van der Waals surface area contributed by atoms with Crippen LogP contribution in [0, 0.1) is 0 Å². The quantitative estimate of drug-likeness (QED) is 0.439. The van der Waals surface area contributed by atoms with Crippen molar-refractivity contribution in [2.24, 2.45) is 5.84 Å². The summed E-state index contributed by atoms with van der Waals surface area (Å²) in [7, 11) is 0. The lowest BCUT2D eigenvalue weighted by Crippen LogP contribution is -2.35. The molecule has 7 nitrogen and oxygen atoms in total. The van der Waals surface area contributed by atoms with Gasteiger partial charge < -0.3 is 16.5 Å². The van der Waals surface area contributed by atoms with E-state index in [0.717, 1.165) is 6.54 Å². The van der Waals surface area contributed by atoms with E-state index in [0.29, 0.717) is 17.7 Å². The van der Waals surface area contributed by atoms with Crippen molar-refractivity contribution in [2.75, 3.05) is 36.1 Å². The number of nitrogen functional groups attached to an aromatic ring is 2. The molecule has 0 radical (unpaired) electrons. The Morgan fingerprint density at radius 1 is 1.33 bits per heavy atom. The second-order valence-electron chi connectivity index (χ2n) is 4.61. The third-order valence-electron chi connectivity index (χ3n) is 3.23. The molecule has 1 atom stereocenters. The molecule has 18 heavy (non-hydrogen) atoms. The van der Waals surface area contributed by atoms with E-state index in [-0.39, 0.29) is 5.95 Å². The van der Waals surface area contributed by atoms with Gasteiger partial charge in [0.15, 0.2) is 0 Å². The van der Waals surface area contributed by atoms with E-state index in [9.17, 15) is 0 Å². The topological polar surface area (TPSA) is 105 Å². The van der Waals surface area contributed by atoms with Crippen LogP contribution in [0.1, 0.15) is 19.8 Å². The summed E-state index contributed by atoms with van der Waals surface area (Å²) in [6.45, 7) is 5.42. The van der Waals surface area contributed by atoms with E-state index in [1.54, 1.807) is 6.07 Å². The molecule has 6 N–H and O–H groups in total. The van der Waals surface area contributed by atoms with Crippen LogP contribution in [0.3, 0.4) is 0 Å². The highest BCUT2D eigenvalue weighted by atomic mass is 15.3. The van der Waals surface area contributed by atoms with Gasteiger partial charge in [-0.2, -0.15) is 9.97 Å². The van der Waals surface area contributed by atoms with Gasteiger partial charge in [-0.1, -0.05) is 0 Å². The van der Waals surface area contributed by atoms with Crippen LogP contribution in [-0.2, 0) is 0 Å². The van der Waals surface area contributed by atoms with E-state index < -0.39 is 0 Å². The molecule has 0 amide bonds. The number of aromatic nitrogens is 2. The first kappa shape index (κ1) is 12.8. The van der Waals surface area contributed by atoms with Crippen LogP contribution in [0.25, 0.3) is 0 Å². The fourth-order valence-electron chi connectivity index (χ4n) is 2.19. The summed E-state index contributed by atoms with van der Waals surface area (Å²) in [6.07, 6.45) is 2.60. The predicted molar refractivity (Wildman–Crippen MR) is 73.0 cm³/mol. The Morgan fingerprint density at radius 3 is 2.67 bits per heavy atom. The largest absolute Gasteiger partial charge is 0.368 e. The first-order chi connectivity index (χ1) is 8.69. The van der Waals surface area contributed by atoms with Gasteiger partial charge >= 0.3 is 0 Å². The van der Waals surface area contributed by atoms with Crippen molar-refractivity contribution in [3.63, 3.8) is 0 Å². The van der Waals surface area contributed by atoms with Crippen LogP contribution in [-0.4, -0.2) is 40.5 Å². The second kappa shape index (κ2) is 5.83. The van der Waals surface area contributed by atoms with E-state index >= 15 is 0 Å². The minimum atomic E-state index is 0.210. The molecule has 0 aromatic carbocycles. The lowest BCUT2D eigenvalue weighted by Gasteiger charge is -2.24. The molecule has 1 fully saturated rings. The fourth-order valence-corrected chi connectivity index (χ4v) is 2.19. The number of hydrogen-bond donors (Lipinski definition) is 4. The average molecular weight is 251 g/mol. The molecule has 1 aliphatic heterocycles. The number of nitrogens with one attached hydrogen (secondary N) is 2. The van der Waals surface area contributed by atoms with Crippen LogP contribution in [0.15, 0.2) is 6.07 Å². The standard InChI is InChI=1S/C11H21N7/c1-8(18-4-2-3-5-18)7-14-9-6-10(17-13)16-11(12)15-9/h6,8H,2-5,7,13H2,1H3,(H4,12,14,15,16,17). The molecule has 1 aromatic heterocycles. The van der Waals surface area contributed by atoms with Crippen LogP contribution in [0.5, 0.6) is 0 Å². The zero-order valence-corrected chi connectivity index (χ0v) is 10.7. The lowest BCUT2D eigenvalue weighted by molar-refractivity contribution is 0.269. The van der Waals surface area contributed by atoms with E-state index in [4.69, 9.17) is 11.6 Å². The minimum Gasteiger partial charge on any atom is -0.368 e.